The molecule has 1 saturated heterocycles. The number of benzene rings is 2. The topological polar surface area (TPSA) is 76.9 Å². The van der Waals surface area contributed by atoms with Crippen LogP contribution in [0.3, 0.4) is 0 Å². The van der Waals surface area contributed by atoms with Gasteiger partial charge >= 0.3 is 0 Å². The molecule has 1 aliphatic rings. The molecule has 11 heteroatoms. The van der Waals surface area contributed by atoms with Crippen LogP contribution in [-0.4, -0.2) is 46.3 Å². The van der Waals surface area contributed by atoms with Gasteiger partial charge in [-0.1, -0.05) is 29.3 Å². The standard InChI is InChI=1S/C28H30Cl2F2N6O/c1-39-9-3-5-17-10-20(29)25(21(30)11-17)27-36-24-15-35-28(34-14-18-6-7-22(31)23(32)12-18)37-26(24)38(27)16-19-4-2-8-33-13-19/h6-7,10-12,15,19,33H,2-5,8-9,13-14,16H2,1H3,(H,34,35,37)/t19-/m1/s1. The number of piperidine rings is 1. The maximum atomic E-state index is 13.6. The van der Waals surface area contributed by atoms with Crippen LogP contribution in [0.25, 0.3) is 22.6 Å². The highest BCUT2D eigenvalue weighted by Gasteiger charge is 2.23. The van der Waals surface area contributed by atoms with E-state index in [2.05, 4.69) is 20.2 Å². The number of aryl methyl sites for hydroxylation is 1. The number of rotatable bonds is 10. The number of aromatic nitrogens is 4. The van der Waals surface area contributed by atoms with Crippen molar-refractivity contribution in [1.82, 2.24) is 24.8 Å². The molecular formula is C28H30Cl2F2N6O. The third kappa shape index (κ3) is 6.49. The van der Waals surface area contributed by atoms with Crippen LogP contribution in [-0.2, 0) is 24.2 Å². The molecule has 0 radical (unpaired) electrons. The van der Waals surface area contributed by atoms with Gasteiger partial charge in [-0.25, -0.2) is 18.7 Å². The van der Waals surface area contributed by atoms with E-state index in [0.29, 0.717) is 63.2 Å². The summed E-state index contributed by atoms with van der Waals surface area (Å²) in [4.78, 5) is 14.0. The summed E-state index contributed by atoms with van der Waals surface area (Å²) in [5, 5.41) is 7.63. The number of imidazole rings is 1. The normalized spacial score (nSPS) is 15.7. The highest BCUT2D eigenvalue weighted by molar-refractivity contribution is 6.39. The highest BCUT2D eigenvalue weighted by Crippen LogP contribution is 2.37. The Morgan fingerprint density at radius 3 is 2.64 bits per heavy atom. The lowest BCUT2D eigenvalue weighted by molar-refractivity contribution is 0.195. The number of nitrogens with zero attached hydrogens (tertiary/aromatic N) is 4. The number of hydrogen-bond donors (Lipinski definition) is 2. The second kappa shape index (κ2) is 12.6. The molecule has 1 fully saturated rings. The average Bonchev–Trinajstić information content (AvgIpc) is 3.26. The molecule has 0 unspecified atom stereocenters. The molecule has 1 atom stereocenters. The Kier molecular flexibility index (Phi) is 8.92. The summed E-state index contributed by atoms with van der Waals surface area (Å²) in [6, 6.07) is 7.65. The third-order valence-electron chi connectivity index (χ3n) is 6.90. The Hall–Kier alpha value is -2.85. The second-order valence-electron chi connectivity index (χ2n) is 9.79. The van der Waals surface area contributed by atoms with Crippen LogP contribution >= 0.6 is 23.2 Å². The third-order valence-corrected chi connectivity index (χ3v) is 7.50. The molecule has 5 rings (SSSR count). The number of halogens is 4. The average molecular weight is 575 g/mol. The zero-order valence-electron chi connectivity index (χ0n) is 21.6. The molecule has 3 heterocycles. The number of ether oxygens (including phenoxy) is 1. The van der Waals surface area contributed by atoms with Crippen LogP contribution in [0.15, 0.2) is 36.5 Å². The summed E-state index contributed by atoms with van der Waals surface area (Å²) in [6.45, 7) is 3.48. The molecule has 2 N–H and O–H groups in total. The molecule has 2 aromatic carbocycles. The van der Waals surface area contributed by atoms with Crippen LogP contribution in [0.1, 0.15) is 30.4 Å². The van der Waals surface area contributed by atoms with Gasteiger partial charge in [0.15, 0.2) is 17.3 Å². The van der Waals surface area contributed by atoms with E-state index >= 15 is 0 Å². The van der Waals surface area contributed by atoms with Crippen molar-refractivity contribution in [3.8, 4) is 11.4 Å². The zero-order chi connectivity index (χ0) is 27.4. The second-order valence-corrected chi connectivity index (χ2v) is 10.6. The lowest BCUT2D eigenvalue weighted by Gasteiger charge is -2.24. The van der Waals surface area contributed by atoms with Gasteiger partial charge in [-0.05, 0) is 80.1 Å². The van der Waals surface area contributed by atoms with Crippen molar-refractivity contribution in [3.05, 3.63) is 69.3 Å². The minimum absolute atomic E-state index is 0.235. The van der Waals surface area contributed by atoms with Gasteiger partial charge in [-0.15, -0.1) is 0 Å². The summed E-state index contributed by atoms with van der Waals surface area (Å²) in [5.41, 5.74) is 3.53. The van der Waals surface area contributed by atoms with E-state index in [1.54, 1.807) is 13.3 Å². The van der Waals surface area contributed by atoms with E-state index in [-0.39, 0.29) is 6.54 Å². The fourth-order valence-electron chi connectivity index (χ4n) is 4.94. The molecule has 0 bridgehead atoms. The summed E-state index contributed by atoms with van der Waals surface area (Å²) < 4.78 is 34.2. The first-order valence-electron chi connectivity index (χ1n) is 13.0. The highest BCUT2D eigenvalue weighted by atomic mass is 35.5. The summed E-state index contributed by atoms with van der Waals surface area (Å²) in [6.07, 6.45) is 5.50. The van der Waals surface area contributed by atoms with Crippen molar-refractivity contribution < 1.29 is 13.5 Å². The van der Waals surface area contributed by atoms with Crippen LogP contribution in [0, 0.1) is 17.6 Å². The molecule has 7 nitrogen and oxygen atoms in total. The summed E-state index contributed by atoms with van der Waals surface area (Å²) >= 11 is 13.6. The van der Waals surface area contributed by atoms with Crippen LogP contribution in [0.4, 0.5) is 14.7 Å². The fraction of sp³-hybridized carbons (Fsp3) is 0.393. The molecule has 0 saturated carbocycles. The minimum Gasteiger partial charge on any atom is -0.385 e. The Morgan fingerprint density at radius 2 is 1.92 bits per heavy atom. The Balaban J connectivity index is 1.50. The molecule has 4 aromatic rings. The van der Waals surface area contributed by atoms with Crippen molar-refractivity contribution in [2.24, 2.45) is 5.92 Å². The minimum atomic E-state index is -0.895. The summed E-state index contributed by atoms with van der Waals surface area (Å²) in [7, 11) is 1.68. The summed E-state index contributed by atoms with van der Waals surface area (Å²) in [5.74, 6) is -0.402. The van der Waals surface area contributed by atoms with E-state index < -0.39 is 11.6 Å². The largest absolute Gasteiger partial charge is 0.385 e. The van der Waals surface area contributed by atoms with Gasteiger partial charge in [0.1, 0.15) is 11.3 Å². The van der Waals surface area contributed by atoms with Crippen LogP contribution < -0.4 is 10.6 Å². The molecule has 39 heavy (non-hydrogen) atoms. The quantitative estimate of drug-likeness (QED) is 0.217. The lowest BCUT2D eigenvalue weighted by Crippen LogP contribution is -2.32. The van der Waals surface area contributed by atoms with E-state index in [9.17, 15) is 8.78 Å². The van der Waals surface area contributed by atoms with Gasteiger partial charge in [0, 0.05) is 26.8 Å². The Morgan fingerprint density at radius 1 is 1.10 bits per heavy atom. The fourth-order valence-corrected chi connectivity index (χ4v) is 5.64. The number of nitrogens with one attached hydrogen (secondary N) is 2. The lowest BCUT2D eigenvalue weighted by atomic mass is 9.99. The maximum Gasteiger partial charge on any atom is 0.225 e. The zero-order valence-corrected chi connectivity index (χ0v) is 23.1. The van der Waals surface area contributed by atoms with Gasteiger partial charge < -0.3 is 19.9 Å². The van der Waals surface area contributed by atoms with Gasteiger partial charge in [-0.2, -0.15) is 4.98 Å². The molecule has 206 valence electrons. The number of fused-ring (bicyclic) bond motifs is 1. The van der Waals surface area contributed by atoms with E-state index in [1.165, 1.54) is 6.07 Å². The van der Waals surface area contributed by atoms with Crippen molar-refractivity contribution >= 4 is 40.3 Å². The number of anilines is 1. The van der Waals surface area contributed by atoms with Gasteiger partial charge in [0.05, 0.1) is 21.8 Å². The SMILES string of the molecule is COCCCc1cc(Cl)c(-c2nc3cnc(NCc4ccc(F)c(F)c4)nc3n2C[C@@H]2CCCNC2)c(Cl)c1. The molecule has 0 spiro atoms. The number of methoxy groups -OCH3 is 1. The Bertz CT molecular complexity index is 1430. The van der Waals surface area contributed by atoms with Crippen molar-refractivity contribution in [2.45, 2.75) is 38.8 Å². The van der Waals surface area contributed by atoms with Crippen molar-refractivity contribution in [2.75, 3.05) is 32.1 Å². The number of hydrogen-bond acceptors (Lipinski definition) is 6. The first kappa shape index (κ1) is 27.7. The van der Waals surface area contributed by atoms with E-state index in [0.717, 1.165) is 56.5 Å². The van der Waals surface area contributed by atoms with Crippen molar-refractivity contribution in [1.29, 1.82) is 0 Å². The first-order chi connectivity index (χ1) is 18.9. The van der Waals surface area contributed by atoms with Gasteiger partial charge in [0.25, 0.3) is 0 Å². The van der Waals surface area contributed by atoms with E-state index in [1.807, 2.05) is 12.1 Å². The molecule has 1 aliphatic heterocycles. The molecule has 0 aliphatic carbocycles. The maximum absolute atomic E-state index is 13.6. The predicted molar refractivity (Wildman–Crippen MR) is 150 cm³/mol. The smallest absolute Gasteiger partial charge is 0.225 e. The Labute approximate surface area is 235 Å². The van der Waals surface area contributed by atoms with Gasteiger partial charge in [0.2, 0.25) is 5.95 Å². The molecule has 2 aromatic heterocycles. The van der Waals surface area contributed by atoms with Crippen LogP contribution in [0.2, 0.25) is 10.0 Å². The van der Waals surface area contributed by atoms with Crippen molar-refractivity contribution in [3.63, 3.8) is 0 Å². The van der Waals surface area contributed by atoms with Gasteiger partial charge in [-0.3, -0.25) is 0 Å². The molecule has 0 amide bonds. The van der Waals surface area contributed by atoms with Crippen LogP contribution in [0.5, 0.6) is 0 Å². The molecular weight excluding hydrogens is 545 g/mol. The predicted octanol–water partition coefficient (Wildman–Crippen LogP) is 6.27. The van der Waals surface area contributed by atoms with E-state index in [4.69, 9.17) is 37.9 Å². The first-order valence-corrected chi connectivity index (χ1v) is 13.8. The monoisotopic (exact) mass is 574 g/mol.